The summed E-state index contributed by atoms with van der Waals surface area (Å²) in [7, 11) is 2.13. The molecule has 112 valence electrons. The van der Waals surface area contributed by atoms with E-state index < -0.39 is 0 Å². The van der Waals surface area contributed by atoms with Crippen molar-refractivity contribution in [3.63, 3.8) is 0 Å². The minimum absolute atomic E-state index is 0.625. The summed E-state index contributed by atoms with van der Waals surface area (Å²) in [5.74, 6) is 1.51. The second-order valence-electron chi connectivity index (χ2n) is 5.60. The SMILES string of the molecule is CCc1cc(Nc2ccc3c(c2)N(C)CC3)n2ncnc2n1. The number of fused-ring (bicyclic) bond motifs is 2. The molecular weight excluding hydrogens is 276 g/mol. The summed E-state index contributed by atoms with van der Waals surface area (Å²) in [5, 5.41) is 7.70. The van der Waals surface area contributed by atoms with E-state index in [4.69, 9.17) is 0 Å². The minimum atomic E-state index is 0.625. The van der Waals surface area contributed by atoms with Crippen molar-refractivity contribution in [1.29, 1.82) is 0 Å². The molecule has 1 aliphatic heterocycles. The summed E-state index contributed by atoms with van der Waals surface area (Å²) >= 11 is 0. The van der Waals surface area contributed by atoms with Gasteiger partial charge in [0.25, 0.3) is 5.78 Å². The summed E-state index contributed by atoms with van der Waals surface area (Å²) < 4.78 is 1.73. The number of rotatable bonds is 3. The number of aryl methyl sites for hydroxylation is 1. The van der Waals surface area contributed by atoms with E-state index in [1.807, 2.05) is 6.07 Å². The largest absolute Gasteiger partial charge is 0.374 e. The predicted octanol–water partition coefficient (Wildman–Crippen LogP) is 2.42. The third-order valence-corrected chi connectivity index (χ3v) is 4.15. The second-order valence-corrected chi connectivity index (χ2v) is 5.60. The van der Waals surface area contributed by atoms with Gasteiger partial charge in [-0.25, -0.2) is 4.98 Å². The Morgan fingerprint density at radius 2 is 2.18 bits per heavy atom. The van der Waals surface area contributed by atoms with Gasteiger partial charge in [-0.1, -0.05) is 13.0 Å². The van der Waals surface area contributed by atoms with E-state index in [0.29, 0.717) is 5.78 Å². The van der Waals surface area contributed by atoms with Crippen LogP contribution in [0, 0.1) is 0 Å². The molecule has 0 saturated carbocycles. The molecule has 0 unspecified atom stereocenters. The Morgan fingerprint density at radius 3 is 3.05 bits per heavy atom. The Morgan fingerprint density at radius 1 is 1.27 bits per heavy atom. The molecule has 0 amide bonds. The van der Waals surface area contributed by atoms with Crippen molar-refractivity contribution in [2.45, 2.75) is 19.8 Å². The number of hydrogen-bond donors (Lipinski definition) is 1. The molecule has 6 heteroatoms. The lowest BCUT2D eigenvalue weighted by atomic mass is 10.1. The van der Waals surface area contributed by atoms with Crippen LogP contribution in [0.2, 0.25) is 0 Å². The lowest BCUT2D eigenvalue weighted by molar-refractivity contribution is 0.918. The highest BCUT2D eigenvalue weighted by molar-refractivity contribution is 5.68. The van der Waals surface area contributed by atoms with Crippen LogP contribution in [0.25, 0.3) is 5.78 Å². The fourth-order valence-electron chi connectivity index (χ4n) is 2.90. The summed E-state index contributed by atoms with van der Waals surface area (Å²) in [4.78, 5) is 10.9. The van der Waals surface area contributed by atoms with Gasteiger partial charge in [-0.3, -0.25) is 0 Å². The molecule has 0 fully saturated rings. The fourth-order valence-corrected chi connectivity index (χ4v) is 2.90. The van der Waals surface area contributed by atoms with E-state index >= 15 is 0 Å². The summed E-state index contributed by atoms with van der Waals surface area (Å²) in [5.41, 5.74) is 4.76. The summed E-state index contributed by atoms with van der Waals surface area (Å²) in [6, 6.07) is 8.53. The first-order valence-corrected chi connectivity index (χ1v) is 7.55. The molecule has 0 saturated heterocycles. The highest BCUT2D eigenvalue weighted by Gasteiger charge is 2.16. The zero-order chi connectivity index (χ0) is 15.1. The lowest BCUT2D eigenvalue weighted by Gasteiger charge is -2.14. The third kappa shape index (κ3) is 2.07. The fraction of sp³-hybridized carbons (Fsp3) is 0.312. The number of aromatic nitrogens is 4. The molecule has 2 aromatic heterocycles. The van der Waals surface area contributed by atoms with E-state index in [1.54, 1.807) is 4.52 Å². The second kappa shape index (κ2) is 4.98. The number of nitrogens with one attached hydrogen (secondary N) is 1. The van der Waals surface area contributed by atoms with Crippen molar-refractivity contribution >= 4 is 23.0 Å². The van der Waals surface area contributed by atoms with Crippen LogP contribution in [0.1, 0.15) is 18.2 Å². The van der Waals surface area contributed by atoms with E-state index in [0.717, 1.165) is 36.6 Å². The maximum Gasteiger partial charge on any atom is 0.254 e. The van der Waals surface area contributed by atoms with E-state index in [2.05, 4.69) is 57.5 Å². The Balaban J connectivity index is 1.74. The number of likely N-dealkylation sites (N-methyl/N-ethyl adjacent to an activating group) is 1. The zero-order valence-electron chi connectivity index (χ0n) is 12.7. The van der Waals surface area contributed by atoms with Crippen molar-refractivity contribution < 1.29 is 0 Å². The van der Waals surface area contributed by atoms with Gasteiger partial charge in [0, 0.05) is 36.7 Å². The smallest absolute Gasteiger partial charge is 0.254 e. The van der Waals surface area contributed by atoms with Crippen molar-refractivity contribution in [3.05, 3.63) is 41.9 Å². The maximum atomic E-state index is 4.47. The Labute approximate surface area is 128 Å². The normalized spacial score (nSPS) is 13.6. The molecule has 6 nitrogen and oxygen atoms in total. The highest BCUT2D eigenvalue weighted by atomic mass is 15.4. The van der Waals surface area contributed by atoms with Gasteiger partial charge in [0.15, 0.2) is 0 Å². The number of hydrogen-bond acceptors (Lipinski definition) is 5. The van der Waals surface area contributed by atoms with Gasteiger partial charge >= 0.3 is 0 Å². The van der Waals surface area contributed by atoms with Gasteiger partial charge in [-0.2, -0.15) is 14.6 Å². The van der Waals surface area contributed by atoms with Crippen LogP contribution in [0.15, 0.2) is 30.6 Å². The van der Waals surface area contributed by atoms with Crippen molar-refractivity contribution in [1.82, 2.24) is 19.6 Å². The Bertz CT molecular complexity index is 838. The van der Waals surface area contributed by atoms with Crippen LogP contribution in [-0.4, -0.2) is 33.2 Å². The zero-order valence-corrected chi connectivity index (χ0v) is 12.7. The third-order valence-electron chi connectivity index (χ3n) is 4.15. The molecule has 0 bridgehead atoms. The number of benzene rings is 1. The molecule has 0 aliphatic carbocycles. The van der Waals surface area contributed by atoms with Crippen molar-refractivity contribution in [2.75, 3.05) is 23.8 Å². The average molecular weight is 294 g/mol. The summed E-state index contributed by atoms with van der Waals surface area (Å²) in [6.45, 7) is 3.17. The summed E-state index contributed by atoms with van der Waals surface area (Å²) in [6.07, 6.45) is 3.52. The van der Waals surface area contributed by atoms with E-state index in [9.17, 15) is 0 Å². The van der Waals surface area contributed by atoms with Crippen molar-refractivity contribution in [3.8, 4) is 0 Å². The maximum absolute atomic E-state index is 4.47. The van der Waals surface area contributed by atoms with E-state index in [-0.39, 0.29) is 0 Å². The molecule has 1 N–H and O–H groups in total. The standard InChI is InChI=1S/C16H18N6/c1-3-12-9-15(22-16(20-12)17-10-18-22)19-13-5-4-11-6-7-21(2)14(11)8-13/h4-5,8-10,19H,3,6-7H2,1-2H3. The quantitative estimate of drug-likeness (QED) is 0.804. The van der Waals surface area contributed by atoms with Crippen LogP contribution >= 0.6 is 0 Å². The highest BCUT2D eigenvalue weighted by Crippen LogP contribution is 2.30. The van der Waals surface area contributed by atoms with Gasteiger partial charge in [-0.05, 0) is 30.5 Å². The van der Waals surface area contributed by atoms with Crippen LogP contribution < -0.4 is 10.2 Å². The monoisotopic (exact) mass is 294 g/mol. The first-order valence-electron chi connectivity index (χ1n) is 7.55. The predicted molar refractivity (Wildman–Crippen MR) is 86.9 cm³/mol. The minimum Gasteiger partial charge on any atom is -0.374 e. The van der Waals surface area contributed by atoms with Gasteiger partial charge in [-0.15, -0.1) is 0 Å². The first-order chi connectivity index (χ1) is 10.7. The molecule has 0 atom stereocenters. The van der Waals surface area contributed by atoms with Gasteiger partial charge in [0.2, 0.25) is 0 Å². The van der Waals surface area contributed by atoms with Crippen LogP contribution in [0.4, 0.5) is 17.2 Å². The Hall–Kier alpha value is -2.63. The van der Waals surface area contributed by atoms with Gasteiger partial charge < -0.3 is 10.2 Å². The van der Waals surface area contributed by atoms with Gasteiger partial charge in [0.05, 0.1) is 0 Å². The first kappa shape index (κ1) is 13.1. The average Bonchev–Trinajstić information content (AvgIpc) is 3.14. The number of anilines is 3. The molecule has 1 aliphatic rings. The van der Waals surface area contributed by atoms with Crippen LogP contribution in [0.5, 0.6) is 0 Å². The molecule has 1 aromatic carbocycles. The molecule has 4 rings (SSSR count). The van der Waals surface area contributed by atoms with Gasteiger partial charge in [0.1, 0.15) is 12.1 Å². The van der Waals surface area contributed by atoms with Crippen LogP contribution in [-0.2, 0) is 12.8 Å². The molecular formula is C16H18N6. The molecule has 0 radical (unpaired) electrons. The Kier molecular flexibility index (Phi) is 2.96. The van der Waals surface area contributed by atoms with E-state index in [1.165, 1.54) is 17.6 Å². The molecule has 0 spiro atoms. The topological polar surface area (TPSA) is 58.4 Å². The molecule has 22 heavy (non-hydrogen) atoms. The molecule has 3 heterocycles. The van der Waals surface area contributed by atoms with Crippen molar-refractivity contribution in [2.24, 2.45) is 0 Å². The lowest BCUT2D eigenvalue weighted by Crippen LogP contribution is -2.12. The number of nitrogens with zero attached hydrogens (tertiary/aromatic N) is 5. The molecule has 3 aromatic rings. The van der Waals surface area contributed by atoms with Crippen LogP contribution in [0.3, 0.4) is 0 Å².